The molecule has 0 N–H and O–H groups in total. The number of aromatic nitrogens is 1. The normalized spacial score (nSPS) is 14.3. The lowest BCUT2D eigenvalue weighted by Gasteiger charge is -2.27. The maximum atomic E-state index is 12.9. The number of amides is 1. The van der Waals surface area contributed by atoms with Gasteiger partial charge in [0.25, 0.3) is 5.91 Å². The number of methoxy groups -OCH3 is 1. The summed E-state index contributed by atoms with van der Waals surface area (Å²) in [4.78, 5) is 19.3. The van der Waals surface area contributed by atoms with Crippen LogP contribution >= 0.6 is 0 Å². The molecule has 25 heavy (non-hydrogen) atoms. The van der Waals surface area contributed by atoms with Gasteiger partial charge in [0, 0.05) is 24.3 Å². The first kappa shape index (κ1) is 17.2. The van der Waals surface area contributed by atoms with E-state index < -0.39 is 0 Å². The summed E-state index contributed by atoms with van der Waals surface area (Å²) in [5, 5.41) is 0. The molecule has 0 aliphatic heterocycles. The summed E-state index contributed by atoms with van der Waals surface area (Å²) in [5.41, 5.74) is 2.42. The van der Waals surface area contributed by atoms with E-state index in [0.717, 1.165) is 29.8 Å². The van der Waals surface area contributed by atoms with Crippen molar-refractivity contribution in [2.24, 2.45) is 0 Å². The van der Waals surface area contributed by atoms with Crippen molar-refractivity contribution in [2.45, 2.75) is 31.7 Å². The SMILES string of the molecule is C=CCN(C(=O)c1ccc(-c2cccc(OC)c2)nc1)C1CCCC1. The third-order valence-corrected chi connectivity index (χ3v) is 4.73. The van der Waals surface area contributed by atoms with E-state index in [4.69, 9.17) is 4.74 Å². The van der Waals surface area contributed by atoms with Gasteiger partial charge in [-0.15, -0.1) is 6.58 Å². The zero-order valence-corrected chi connectivity index (χ0v) is 14.6. The number of pyridine rings is 1. The van der Waals surface area contributed by atoms with Crippen LogP contribution in [-0.2, 0) is 0 Å². The molecule has 1 saturated carbocycles. The van der Waals surface area contributed by atoms with Crippen molar-refractivity contribution < 1.29 is 9.53 Å². The maximum Gasteiger partial charge on any atom is 0.255 e. The first-order valence-corrected chi connectivity index (χ1v) is 8.75. The molecule has 0 radical (unpaired) electrons. The molecule has 1 aliphatic rings. The Balaban J connectivity index is 1.80. The Hall–Kier alpha value is -2.62. The lowest BCUT2D eigenvalue weighted by atomic mass is 10.1. The molecule has 4 nitrogen and oxygen atoms in total. The molecule has 1 aliphatic carbocycles. The summed E-state index contributed by atoms with van der Waals surface area (Å²) < 4.78 is 5.26. The number of benzene rings is 1. The van der Waals surface area contributed by atoms with Crippen LogP contribution in [0.15, 0.2) is 55.3 Å². The summed E-state index contributed by atoms with van der Waals surface area (Å²) >= 11 is 0. The first-order chi connectivity index (χ1) is 12.2. The number of ether oxygens (including phenoxy) is 1. The molecule has 2 aromatic rings. The van der Waals surface area contributed by atoms with Gasteiger partial charge >= 0.3 is 0 Å². The molecular weight excluding hydrogens is 312 g/mol. The van der Waals surface area contributed by atoms with Crippen LogP contribution in [0.3, 0.4) is 0 Å². The summed E-state index contributed by atoms with van der Waals surface area (Å²) in [6, 6.07) is 11.8. The number of hydrogen-bond donors (Lipinski definition) is 0. The van der Waals surface area contributed by atoms with E-state index in [2.05, 4.69) is 11.6 Å². The third kappa shape index (κ3) is 3.90. The largest absolute Gasteiger partial charge is 0.497 e. The number of carbonyl (C=O) groups excluding carboxylic acids is 1. The predicted molar refractivity (Wildman–Crippen MR) is 99.7 cm³/mol. The van der Waals surface area contributed by atoms with E-state index in [0.29, 0.717) is 18.2 Å². The quantitative estimate of drug-likeness (QED) is 0.738. The van der Waals surface area contributed by atoms with Gasteiger partial charge in [-0.3, -0.25) is 9.78 Å². The highest BCUT2D eigenvalue weighted by atomic mass is 16.5. The molecule has 0 bridgehead atoms. The van der Waals surface area contributed by atoms with Gasteiger partial charge in [-0.05, 0) is 37.1 Å². The van der Waals surface area contributed by atoms with Gasteiger partial charge in [-0.25, -0.2) is 0 Å². The van der Waals surface area contributed by atoms with Crippen LogP contribution in [0.2, 0.25) is 0 Å². The number of carbonyl (C=O) groups is 1. The second kappa shape index (κ2) is 7.97. The molecule has 4 heteroatoms. The number of hydrogen-bond acceptors (Lipinski definition) is 3. The molecule has 130 valence electrons. The molecule has 1 fully saturated rings. The average molecular weight is 336 g/mol. The van der Waals surface area contributed by atoms with Crippen LogP contribution in [0, 0.1) is 0 Å². The molecule has 1 aromatic carbocycles. The highest BCUT2D eigenvalue weighted by Crippen LogP contribution is 2.26. The van der Waals surface area contributed by atoms with Crippen molar-refractivity contribution >= 4 is 5.91 Å². The maximum absolute atomic E-state index is 12.9. The lowest BCUT2D eigenvalue weighted by Crippen LogP contribution is -2.39. The van der Waals surface area contributed by atoms with Gasteiger partial charge in [0.05, 0.1) is 18.4 Å². The topological polar surface area (TPSA) is 42.4 Å². The fourth-order valence-electron chi connectivity index (χ4n) is 3.39. The van der Waals surface area contributed by atoms with E-state index >= 15 is 0 Å². The lowest BCUT2D eigenvalue weighted by molar-refractivity contribution is 0.0706. The fraction of sp³-hybridized carbons (Fsp3) is 0.333. The minimum atomic E-state index is 0.0384. The van der Waals surface area contributed by atoms with Gasteiger partial charge in [0.15, 0.2) is 0 Å². The van der Waals surface area contributed by atoms with Crippen molar-refractivity contribution in [3.63, 3.8) is 0 Å². The summed E-state index contributed by atoms with van der Waals surface area (Å²) in [7, 11) is 1.64. The standard InChI is InChI=1S/C21H24N2O2/c1-3-13-23(18-8-4-5-9-18)21(24)17-11-12-20(22-15-17)16-7-6-10-19(14-16)25-2/h3,6-7,10-12,14-15,18H,1,4-5,8-9,13H2,2H3. The van der Waals surface area contributed by atoms with Gasteiger partial charge in [-0.2, -0.15) is 0 Å². The highest BCUT2D eigenvalue weighted by molar-refractivity contribution is 5.94. The molecule has 0 saturated heterocycles. The Morgan fingerprint density at radius 2 is 2.12 bits per heavy atom. The smallest absolute Gasteiger partial charge is 0.255 e. The van der Waals surface area contributed by atoms with E-state index in [1.807, 2.05) is 41.3 Å². The molecule has 1 heterocycles. The molecular formula is C21H24N2O2. The van der Waals surface area contributed by atoms with E-state index in [9.17, 15) is 4.79 Å². The third-order valence-electron chi connectivity index (χ3n) is 4.73. The van der Waals surface area contributed by atoms with E-state index in [1.165, 1.54) is 12.8 Å². The van der Waals surface area contributed by atoms with Crippen LogP contribution in [0.1, 0.15) is 36.0 Å². The second-order valence-corrected chi connectivity index (χ2v) is 6.35. The van der Waals surface area contributed by atoms with Gasteiger partial charge in [-0.1, -0.05) is 31.1 Å². The molecule has 3 rings (SSSR count). The Morgan fingerprint density at radius 3 is 2.76 bits per heavy atom. The van der Waals surface area contributed by atoms with E-state index in [1.54, 1.807) is 19.4 Å². The Kier molecular flexibility index (Phi) is 5.49. The zero-order chi connectivity index (χ0) is 17.6. The second-order valence-electron chi connectivity index (χ2n) is 6.35. The predicted octanol–water partition coefficient (Wildman–Crippen LogP) is 4.33. The van der Waals surface area contributed by atoms with Crippen LogP contribution in [0.25, 0.3) is 11.3 Å². The van der Waals surface area contributed by atoms with Crippen LogP contribution in [0.5, 0.6) is 5.75 Å². The van der Waals surface area contributed by atoms with E-state index in [-0.39, 0.29) is 5.91 Å². The monoisotopic (exact) mass is 336 g/mol. The first-order valence-electron chi connectivity index (χ1n) is 8.75. The number of rotatable bonds is 6. The fourth-order valence-corrected chi connectivity index (χ4v) is 3.39. The van der Waals surface area contributed by atoms with Crippen LogP contribution in [0.4, 0.5) is 0 Å². The highest BCUT2D eigenvalue weighted by Gasteiger charge is 2.26. The van der Waals surface area contributed by atoms with Crippen molar-refractivity contribution in [3.8, 4) is 17.0 Å². The summed E-state index contributed by atoms with van der Waals surface area (Å²) in [6.45, 7) is 4.38. The Labute approximate surface area is 149 Å². The van der Waals surface area contributed by atoms with Gasteiger partial charge in [0.2, 0.25) is 0 Å². The molecule has 0 spiro atoms. The summed E-state index contributed by atoms with van der Waals surface area (Å²) in [5.74, 6) is 0.828. The van der Waals surface area contributed by atoms with Gasteiger partial charge in [0.1, 0.15) is 5.75 Å². The van der Waals surface area contributed by atoms with Crippen molar-refractivity contribution in [3.05, 3.63) is 60.8 Å². The Morgan fingerprint density at radius 1 is 1.32 bits per heavy atom. The molecule has 1 amide bonds. The van der Waals surface area contributed by atoms with Crippen LogP contribution in [-0.4, -0.2) is 35.5 Å². The minimum absolute atomic E-state index is 0.0384. The van der Waals surface area contributed by atoms with Crippen molar-refractivity contribution in [2.75, 3.05) is 13.7 Å². The van der Waals surface area contributed by atoms with Crippen molar-refractivity contribution in [1.82, 2.24) is 9.88 Å². The molecule has 0 unspecified atom stereocenters. The van der Waals surface area contributed by atoms with Crippen molar-refractivity contribution in [1.29, 1.82) is 0 Å². The minimum Gasteiger partial charge on any atom is -0.497 e. The Bertz CT molecular complexity index is 734. The molecule has 1 aromatic heterocycles. The zero-order valence-electron chi connectivity index (χ0n) is 14.6. The number of nitrogens with zero attached hydrogens (tertiary/aromatic N) is 2. The summed E-state index contributed by atoms with van der Waals surface area (Å²) in [6.07, 6.45) is 8.01. The van der Waals surface area contributed by atoms with Crippen LogP contribution < -0.4 is 4.74 Å². The van der Waals surface area contributed by atoms with Gasteiger partial charge < -0.3 is 9.64 Å². The molecule has 0 atom stereocenters. The average Bonchev–Trinajstić information content (AvgIpc) is 3.20.